The van der Waals surface area contributed by atoms with E-state index in [1.807, 2.05) is 30.3 Å². The van der Waals surface area contributed by atoms with Gasteiger partial charge in [-0.05, 0) is 19.4 Å². The predicted octanol–water partition coefficient (Wildman–Crippen LogP) is 2.01. The van der Waals surface area contributed by atoms with Crippen LogP contribution in [0.2, 0.25) is 0 Å². The van der Waals surface area contributed by atoms with Gasteiger partial charge in [0.25, 0.3) is 0 Å². The van der Waals surface area contributed by atoms with E-state index in [1.165, 1.54) is 0 Å². The number of fused-ring (bicyclic) bond motifs is 1. The first-order valence-corrected chi connectivity index (χ1v) is 7.39. The summed E-state index contributed by atoms with van der Waals surface area (Å²) >= 11 is 6.14. The molecule has 5 nitrogen and oxygen atoms in total. The highest BCUT2D eigenvalue weighted by Crippen LogP contribution is 2.39. The molecule has 3 rings (SSSR count). The van der Waals surface area contributed by atoms with Gasteiger partial charge < -0.3 is 24.1 Å². The number of rotatable bonds is 3. The summed E-state index contributed by atoms with van der Waals surface area (Å²) < 4.78 is 22.7. The lowest BCUT2D eigenvalue weighted by Gasteiger charge is -2.37. The zero-order valence-electron chi connectivity index (χ0n) is 11.9. The number of hydrogen-bond donors (Lipinski definition) is 1. The number of halogens is 1. The van der Waals surface area contributed by atoms with Crippen LogP contribution in [-0.4, -0.2) is 41.1 Å². The second-order valence-electron chi connectivity index (χ2n) is 5.70. The summed E-state index contributed by atoms with van der Waals surface area (Å²) in [5.74, 6) is -0.774. The Balaban J connectivity index is 1.69. The van der Waals surface area contributed by atoms with E-state index < -0.39 is 36.0 Å². The van der Waals surface area contributed by atoms with Gasteiger partial charge in [-0.25, -0.2) is 0 Å². The number of hydrogen-bond acceptors (Lipinski definition) is 5. The van der Waals surface area contributed by atoms with Crippen molar-refractivity contribution >= 4 is 11.6 Å². The quantitative estimate of drug-likeness (QED) is 0.865. The summed E-state index contributed by atoms with van der Waals surface area (Å²) in [6, 6.07) is 9.72. The van der Waals surface area contributed by atoms with Crippen molar-refractivity contribution in [2.75, 3.05) is 0 Å². The molecule has 1 N–H and O–H groups in total. The Morgan fingerprint density at radius 1 is 1.19 bits per heavy atom. The minimum atomic E-state index is -1.15. The molecule has 2 heterocycles. The van der Waals surface area contributed by atoms with Crippen molar-refractivity contribution in [2.24, 2.45) is 0 Å². The molecule has 116 valence electrons. The minimum absolute atomic E-state index is 0.359. The maximum absolute atomic E-state index is 9.89. The maximum atomic E-state index is 9.89. The molecule has 2 aliphatic rings. The van der Waals surface area contributed by atoms with Gasteiger partial charge in [-0.15, -0.1) is 11.6 Å². The van der Waals surface area contributed by atoms with Crippen LogP contribution in [0, 0.1) is 0 Å². The Morgan fingerprint density at radius 3 is 2.57 bits per heavy atom. The molecule has 0 amide bonds. The molecule has 0 bridgehead atoms. The lowest BCUT2D eigenvalue weighted by Crippen LogP contribution is -2.54. The normalized spacial score (nSPS) is 38.2. The van der Waals surface area contributed by atoms with Gasteiger partial charge in [0.15, 0.2) is 18.4 Å². The van der Waals surface area contributed by atoms with Gasteiger partial charge in [0.1, 0.15) is 17.6 Å². The molecule has 0 saturated carbocycles. The Bertz CT molecular complexity index is 480. The molecule has 21 heavy (non-hydrogen) atoms. The summed E-state index contributed by atoms with van der Waals surface area (Å²) in [5, 5.41) is 9.21. The van der Waals surface area contributed by atoms with Crippen LogP contribution in [0.15, 0.2) is 30.3 Å². The molecule has 6 heteroatoms. The summed E-state index contributed by atoms with van der Waals surface area (Å²) in [7, 11) is 0. The Hall–Kier alpha value is -0.690. The standard InChI is InChI=1S/C15H19ClO5/c1-15(2)20-11-10(16)13(17)19-14(12(11)21-15)18-8-9-6-4-3-5-7-9/h3-7,10-14,17H,8H2,1-2H3/t10?,11-,12-,13?,14+/m1/s1. The monoisotopic (exact) mass is 314 g/mol. The molecule has 0 aliphatic carbocycles. The highest BCUT2D eigenvalue weighted by molar-refractivity contribution is 6.21. The Morgan fingerprint density at radius 2 is 1.86 bits per heavy atom. The third-order valence-electron chi connectivity index (χ3n) is 3.55. The number of ether oxygens (including phenoxy) is 4. The summed E-state index contributed by atoms with van der Waals surface area (Å²) in [6.45, 7) is 3.96. The molecule has 1 aromatic carbocycles. The van der Waals surface area contributed by atoms with Crippen LogP contribution in [0.25, 0.3) is 0 Å². The zero-order chi connectivity index (χ0) is 15.0. The SMILES string of the molecule is CC1(C)O[C@H]2[C@@H](OCc3ccccc3)OC(O)C(Cl)[C@H]2O1. The van der Waals surface area contributed by atoms with Crippen LogP contribution in [-0.2, 0) is 25.6 Å². The maximum Gasteiger partial charge on any atom is 0.189 e. The van der Waals surface area contributed by atoms with Crippen LogP contribution in [0.5, 0.6) is 0 Å². The van der Waals surface area contributed by atoms with Crippen molar-refractivity contribution in [2.45, 2.75) is 56.4 Å². The molecule has 0 radical (unpaired) electrons. The Kier molecular flexibility index (Phi) is 4.23. The number of aliphatic hydroxyl groups is 1. The summed E-state index contributed by atoms with van der Waals surface area (Å²) in [6.07, 6.45) is -2.80. The van der Waals surface area contributed by atoms with Crippen LogP contribution in [0.3, 0.4) is 0 Å². The molecule has 2 aliphatic heterocycles. The van der Waals surface area contributed by atoms with Crippen molar-refractivity contribution in [3.63, 3.8) is 0 Å². The molecule has 2 unspecified atom stereocenters. The topological polar surface area (TPSA) is 57.2 Å². The molecule has 0 aromatic heterocycles. The highest BCUT2D eigenvalue weighted by atomic mass is 35.5. The molecular formula is C15H19ClO5. The molecule has 2 saturated heterocycles. The van der Waals surface area contributed by atoms with Crippen LogP contribution < -0.4 is 0 Å². The van der Waals surface area contributed by atoms with Crippen LogP contribution >= 0.6 is 11.6 Å². The van der Waals surface area contributed by atoms with Gasteiger partial charge in [-0.1, -0.05) is 30.3 Å². The summed E-state index contributed by atoms with van der Waals surface area (Å²) in [4.78, 5) is 0. The number of benzene rings is 1. The second-order valence-corrected chi connectivity index (χ2v) is 6.20. The van der Waals surface area contributed by atoms with Gasteiger partial charge in [0, 0.05) is 0 Å². The first-order chi connectivity index (χ1) is 9.96. The largest absolute Gasteiger partial charge is 0.366 e. The van der Waals surface area contributed by atoms with Gasteiger partial charge in [-0.2, -0.15) is 0 Å². The fraction of sp³-hybridized carbons (Fsp3) is 0.600. The van der Waals surface area contributed by atoms with Crippen LogP contribution in [0.4, 0.5) is 0 Å². The fourth-order valence-corrected chi connectivity index (χ4v) is 2.87. The van der Waals surface area contributed by atoms with E-state index in [4.69, 9.17) is 30.5 Å². The van der Waals surface area contributed by atoms with Crippen molar-refractivity contribution in [1.82, 2.24) is 0 Å². The van der Waals surface area contributed by atoms with Crippen molar-refractivity contribution < 1.29 is 24.1 Å². The lowest BCUT2D eigenvalue weighted by atomic mass is 10.1. The van der Waals surface area contributed by atoms with Crippen molar-refractivity contribution in [3.05, 3.63) is 35.9 Å². The van der Waals surface area contributed by atoms with E-state index in [0.717, 1.165) is 5.56 Å². The predicted molar refractivity (Wildman–Crippen MR) is 75.6 cm³/mol. The van der Waals surface area contributed by atoms with E-state index in [1.54, 1.807) is 13.8 Å². The highest BCUT2D eigenvalue weighted by Gasteiger charge is 2.55. The number of aliphatic hydroxyl groups excluding tert-OH is 1. The van der Waals surface area contributed by atoms with Gasteiger partial charge in [0.2, 0.25) is 0 Å². The smallest absolute Gasteiger partial charge is 0.189 e. The van der Waals surface area contributed by atoms with Crippen LogP contribution in [0.1, 0.15) is 19.4 Å². The molecule has 5 atom stereocenters. The molecule has 1 aromatic rings. The molecule has 2 fully saturated rings. The third-order valence-corrected chi connectivity index (χ3v) is 4.01. The first kappa shape index (κ1) is 15.2. The average molecular weight is 315 g/mol. The van der Waals surface area contributed by atoms with E-state index in [2.05, 4.69) is 0 Å². The van der Waals surface area contributed by atoms with E-state index in [-0.39, 0.29) is 0 Å². The average Bonchev–Trinajstić information content (AvgIpc) is 2.79. The van der Waals surface area contributed by atoms with Gasteiger partial charge in [-0.3, -0.25) is 0 Å². The van der Waals surface area contributed by atoms with E-state index >= 15 is 0 Å². The zero-order valence-corrected chi connectivity index (χ0v) is 12.7. The van der Waals surface area contributed by atoms with E-state index in [9.17, 15) is 5.11 Å². The first-order valence-electron chi connectivity index (χ1n) is 6.95. The van der Waals surface area contributed by atoms with Crippen molar-refractivity contribution in [1.29, 1.82) is 0 Å². The lowest BCUT2D eigenvalue weighted by molar-refractivity contribution is -0.294. The third kappa shape index (κ3) is 3.23. The van der Waals surface area contributed by atoms with Gasteiger partial charge >= 0.3 is 0 Å². The second kappa shape index (κ2) is 5.83. The minimum Gasteiger partial charge on any atom is -0.366 e. The fourth-order valence-electron chi connectivity index (χ4n) is 2.61. The molecular weight excluding hydrogens is 296 g/mol. The van der Waals surface area contributed by atoms with E-state index in [0.29, 0.717) is 6.61 Å². The summed E-state index contributed by atoms with van der Waals surface area (Å²) in [5.41, 5.74) is 1.01. The number of alkyl halides is 1. The Labute approximate surface area is 128 Å². The molecule has 0 spiro atoms. The van der Waals surface area contributed by atoms with Gasteiger partial charge in [0.05, 0.1) is 6.61 Å². The van der Waals surface area contributed by atoms with Crippen molar-refractivity contribution in [3.8, 4) is 0 Å².